The van der Waals surface area contributed by atoms with Gasteiger partial charge in [0.1, 0.15) is 0 Å². The Balaban J connectivity index is 3.32. The zero-order chi connectivity index (χ0) is 10.1. The van der Waals surface area contributed by atoms with Crippen LogP contribution < -0.4 is 0 Å². The van der Waals surface area contributed by atoms with E-state index in [0.29, 0.717) is 5.92 Å². The Labute approximate surface area is 87.3 Å². The maximum Gasteiger partial charge on any atom is 0.0543 e. The number of aliphatic hydroxyl groups excluding tert-OH is 1. The highest BCUT2D eigenvalue weighted by Gasteiger charge is 2.08. The molecule has 0 fully saturated rings. The lowest BCUT2D eigenvalue weighted by Crippen LogP contribution is -2.11. The molecule has 0 rings (SSSR count). The molecule has 80 valence electrons. The predicted octanol–water partition coefficient (Wildman–Crippen LogP) is 3.32. The quantitative estimate of drug-likeness (QED) is 0.612. The monoisotopic (exact) mass is 204 g/mol. The molecule has 0 radical (unpaired) electrons. The molecular formula is C11H24OS. The second-order valence-corrected chi connectivity index (χ2v) is 4.90. The van der Waals surface area contributed by atoms with Crippen molar-refractivity contribution in [3.05, 3.63) is 0 Å². The smallest absolute Gasteiger partial charge is 0.0543 e. The normalized spacial score (nSPS) is 15.7. The molecule has 0 aliphatic carbocycles. The highest BCUT2D eigenvalue weighted by Crippen LogP contribution is 2.15. The van der Waals surface area contributed by atoms with E-state index in [2.05, 4.69) is 20.1 Å². The minimum atomic E-state index is -0.0614. The van der Waals surface area contributed by atoms with E-state index >= 15 is 0 Å². The van der Waals surface area contributed by atoms with Gasteiger partial charge >= 0.3 is 0 Å². The van der Waals surface area contributed by atoms with Crippen molar-refractivity contribution >= 4 is 11.8 Å². The summed E-state index contributed by atoms with van der Waals surface area (Å²) in [5.41, 5.74) is 0. The standard InChI is InChI=1S/C11H24OS/c1-4-6-10(2)9-11(12)7-5-8-13-3/h10-12H,4-9H2,1-3H3. The third-order valence-corrected chi connectivity index (χ3v) is 3.04. The fourth-order valence-corrected chi connectivity index (χ4v) is 2.11. The van der Waals surface area contributed by atoms with Gasteiger partial charge in [0.15, 0.2) is 0 Å². The average molecular weight is 204 g/mol. The van der Waals surface area contributed by atoms with Crippen LogP contribution in [0.25, 0.3) is 0 Å². The van der Waals surface area contributed by atoms with Crippen LogP contribution >= 0.6 is 11.8 Å². The van der Waals surface area contributed by atoms with E-state index in [1.165, 1.54) is 18.6 Å². The number of thioether (sulfide) groups is 1. The molecule has 13 heavy (non-hydrogen) atoms. The third kappa shape index (κ3) is 8.63. The van der Waals surface area contributed by atoms with Gasteiger partial charge in [-0.05, 0) is 37.2 Å². The Morgan fingerprint density at radius 3 is 2.54 bits per heavy atom. The second-order valence-electron chi connectivity index (χ2n) is 3.92. The van der Waals surface area contributed by atoms with Crippen molar-refractivity contribution in [2.45, 2.75) is 52.1 Å². The van der Waals surface area contributed by atoms with Crippen molar-refractivity contribution in [1.82, 2.24) is 0 Å². The molecule has 0 aliphatic rings. The summed E-state index contributed by atoms with van der Waals surface area (Å²) in [4.78, 5) is 0. The molecule has 0 saturated heterocycles. The number of aliphatic hydroxyl groups is 1. The van der Waals surface area contributed by atoms with Crippen LogP contribution in [0, 0.1) is 5.92 Å². The molecule has 0 aromatic rings. The Bertz CT molecular complexity index is 106. The number of hydrogen-bond acceptors (Lipinski definition) is 2. The Kier molecular flexibility index (Phi) is 9.10. The molecule has 2 heteroatoms. The van der Waals surface area contributed by atoms with Crippen LogP contribution in [-0.2, 0) is 0 Å². The first-order valence-corrected chi connectivity index (χ1v) is 6.77. The van der Waals surface area contributed by atoms with Crippen molar-refractivity contribution in [3.63, 3.8) is 0 Å². The molecule has 2 atom stereocenters. The molecule has 1 N–H and O–H groups in total. The topological polar surface area (TPSA) is 20.2 Å². The fourth-order valence-electron chi connectivity index (χ4n) is 1.66. The van der Waals surface area contributed by atoms with Crippen LogP contribution in [-0.4, -0.2) is 23.2 Å². The lowest BCUT2D eigenvalue weighted by molar-refractivity contribution is 0.133. The van der Waals surface area contributed by atoms with E-state index in [1.54, 1.807) is 0 Å². The molecule has 1 nitrogen and oxygen atoms in total. The van der Waals surface area contributed by atoms with Gasteiger partial charge in [0.05, 0.1) is 6.10 Å². The molecular weight excluding hydrogens is 180 g/mol. The second kappa shape index (κ2) is 8.89. The van der Waals surface area contributed by atoms with Crippen molar-refractivity contribution < 1.29 is 5.11 Å². The summed E-state index contributed by atoms with van der Waals surface area (Å²) >= 11 is 1.86. The molecule has 0 aromatic heterocycles. The van der Waals surface area contributed by atoms with Gasteiger partial charge < -0.3 is 5.11 Å². The van der Waals surface area contributed by atoms with Gasteiger partial charge in [-0.2, -0.15) is 11.8 Å². The first kappa shape index (κ1) is 13.3. The molecule has 0 bridgehead atoms. The van der Waals surface area contributed by atoms with E-state index < -0.39 is 0 Å². The summed E-state index contributed by atoms with van der Waals surface area (Å²) in [5, 5.41) is 9.66. The summed E-state index contributed by atoms with van der Waals surface area (Å²) in [6.45, 7) is 4.44. The maximum atomic E-state index is 9.66. The minimum absolute atomic E-state index is 0.0614. The summed E-state index contributed by atoms with van der Waals surface area (Å²) < 4.78 is 0. The van der Waals surface area contributed by atoms with Crippen molar-refractivity contribution in [3.8, 4) is 0 Å². The zero-order valence-electron chi connectivity index (χ0n) is 9.25. The molecule has 0 saturated carbocycles. The highest BCUT2D eigenvalue weighted by molar-refractivity contribution is 7.98. The van der Waals surface area contributed by atoms with Gasteiger partial charge in [0, 0.05) is 0 Å². The van der Waals surface area contributed by atoms with E-state index in [1.807, 2.05) is 11.8 Å². The van der Waals surface area contributed by atoms with Crippen LogP contribution in [0.1, 0.15) is 46.0 Å². The van der Waals surface area contributed by atoms with Crippen molar-refractivity contribution in [2.24, 2.45) is 5.92 Å². The number of rotatable bonds is 8. The minimum Gasteiger partial charge on any atom is -0.393 e. The van der Waals surface area contributed by atoms with Gasteiger partial charge in [0.25, 0.3) is 0 Å². The molecule has 0 heterocycles. The molecule has 0 aromatic carbocycles. The van der Waals surface area contributed by atoms with Gasteiger partial charge in [-0.25, -0.2) is 0 Å². The summed E-state index contributed by atoms with van der Waals surface area (Å²) in [7, 11) is 0. The highest BCUT2D eigenvalue weighted by atomic mass is 32.2. The molecule has 0 spiro atoms. The van der Waals surface area contributed by atoms with Crippen LogP contribution in [0.4, 0.5) is 0 Å². The van der Waals surface area contributed by atoms with Crippen LogP contribution in [0.15, 0.2) is 0 Å². The van der Waals surface area contributed by atoms with Crippen LogP contribution in [0.3, 0.4) is 0 Å². The van der Waals surface area contributed by atoms with Crippen molar-refractivity contribution in [2.75, 3.05) is 12.0 Å². The van der Waals surface area contributed by atoms with Crippen LogP contribution in [0.5, 0.6) is 0 Å². The van der Waals surface area contributed by atoms with Gasteiger partial charge in [0.2, 0.25) is 0 Å². The Hall–Kier alpha value is 0.310. The summed E-state index contributed by atoms with van der Waals surface area (Å²) in [5.74, 6) is 1.87. The SMILES string of the molecule is CCCC(C)CC(O)CCCSC. The lowest BCUT2D eigenvalue weighted by atomic mass is 9.97. The maximum absolute atomic E-state index is 9.66. The van der Waals surface area contributed by atoms with Crippen LogP contribution in [0.2, 0.25) is 0 Å². The largest absolute Gasteiger partial charge is 0.393 e. The van der Waals surface area contributed by atoms with E-state index in [4.69, 9.17) is 0 Å². The van der Waals surface area contributed by atoms with E-state index in [0.717, 1.165) is 19.3 Å². The summed E-state index contributed by atoms with van der Waals surface area (Å²) in [6.07, 6.45) is 7.66. The Morgan fingerprint density at radius 1 is 1.31 bits per heavy atom. The summed E-state index contributed by atoms with van der Waals surface area (Å²) in [6, 6.07) is 0. The van der Waals surface area contributed by atoms with Crippen molar-refractivity contribution in [1.29, 1.82) is 0 Å². The molecule has 0 aliphatic heterocycles. The average Bonchev–Trinajstić information content (AvgIpc) is 2.05. The third-order valence-electron chi connectivity index (χ3n) is 2.34. The van der Waals surface area contributed by atoms with Gasteiger partial charge in [-0.1, -0.05) is 26.7 Å². The first-order chi connectivity index (χ1) is 6.20. The first-order valence-electron chi connectivity index (χ1n) is 5.37. The molecule has 2 unspecified atom stereocenters. The lowest BCUT2D eigenvalue weighted by Gasteiger charge is -2.15. The fraction of sp³-hybridized carbons (Fsp3) is 1.00. The van der Waals surface area contributed by atoms with Gasteiger partial charge in [-0.15, -0.1) is 0 Å². The predicted molar refractivity (Wildman–Crippen MR) is 62.3 cm³/mol. The van der Waals surface area contributed by atoms with E-state index in [-0.39, 0.29) is 6.10 Å². The number of hydrogen-bond donors (Lipinski definition) is 1. The Morgan fingerprint density at radius 2 is 2.00 bits per heavy atom. The van der Waals surface area contributed by atoms with Gasteiger partial charge in [-0.3, -0.25) is 0 Å². The molecule has 0 amide bonds. The zero-order valence-corrected chi connectivity index (χ0v) is 10.1. The van der Waals surface area contributed by atoms with E-state index in [9.17, 15) is 5.11 Å².